The van der Waals surface area contributed by atoms with Gasteiger partial charge >= 0.3 is 17.9 Å². The van der Waals surface area contributed by atoms with Crippen LogP contribution in [-0.2, 0) is 28.6 Å². The summed E-state index contributed by atoms with van der Waals surface area (Å²) < 4.78 is 17.0. The van der Waals surface area contributed by atoms with E-state index < -0.39 is 6.10 Å². The summed E-state index contributed by atoms with van der Waals surface area (Å²) in [6.45, 7) is 6.55. The van der Waals surface area contributed by atoms with Gasteiger partial charge in [-0.05, 0) is 122 Å². The van der Waals surface area contributed by atoms with Gasteiger partial charge in [0.05, 0.1) is 0 Å². The maximum absolute atomic E-state index is 13.0. The lowest BCUT2D eigenvalue weighted by molar-refractivity contribution is -0.167. The fourth-order valence-corrected chi connectivity index (χ4v) is 9.85. The Balaban J connectivity index is 4.40. The highest BCUT2D eigenvalue weighted by Crippen LogP contribution is 2.16. The topological polar surface area (TPSA) is 78.9 Å². The molecule has 0 spiro atoms. The molecule has 0 N–H and O–H groups in total. The molecule has 0 aromatic rings. The summed E-state index contributed by atoms with van der Waals surface area (Å²) in [6, 6.07) is 0. The zero-order valence-electron chi connectivity index (χ0n) is 53.5. The molecule has 0 heterocycles. The Bertz CT molecular complexity index is 1580. The Morgan fingerprint density at radius 1 is 0.259 bits per heavy atom. The number of ether oxygens (including phenoxy) is 3. The normalized spacial score (nSPS) is 12.7. The molecule has 0 saturated carbocycles. The highest BCUT2D eigenvalue weighted by Gasteiger charge is 2.19. The molecule has 0 fully saturated rings. The van der Waals surface area contributed by atoms with E-state index in [1.54, 1.807) is 0 Å². The molecule has 0 aliphatic heterocycles. The summed E-state index contributed by atoms with van der Waals surface area (Å²) in [5, 5.41) is 0. The fourth-order valence-electron chi connectivity index (χ4n) is 9.85. The molecule has 0 saturated heterocycles. The molecule has 6 heteroatoms. The van der Waals surface area contributed by atoms with Crippen LogP contribution in [0.5, 0.6) is 0 Å². The molecule has 0 aliphatic rings. The standard InChI is InChI=1S/C75H130O6/c1-4-7-10-13-16-19-22-25-28-31-33-35-36-37-38-40-41-44-47-50-53-56-59-62-65-68-74(77)80-71-72(70-79-73(76)67-64-61-58-55-52-49-46-43-30-27-24-21-18-15-12-9-6-3)81-75(78)69-66-63-60-57-54-51-48-45-42-39-34-32-29-26-23-20-17-14-11-8-5-2/h7,10,16,19,25,27-28,30,32-35,37-38,41,44,72H,4-6,8-9,11-15,17-18,20-24,26,29,31,36,39-40,42-43,45-71H2,1-3H3/b10-7-,19-16-,28-25-,30-27-,34-32-,35-33-,38-37-,44-41-. The van der Waals surface area contributed by atoms with Crippen molar-refractivity contribution in [3.8, 4) is 0 Å². The van der Waals surface area contributed by atoms with Crippen molar-refractivity contribution in [2.24, 2.45) is 0 Å². The first-order valence-electron chi connectivity index (χ1n) is 34.7. The third kappa shape index (κ3) is 67.0. The Morgan fingerprint density at radius 3 is 0.765 bits per heavy atom. The Hall–Kier alpha value is -3.67. The van der Waals surface area contributed by atoms with Gasteiger partial charge in [0.25, 0.3) is 0 Å². The van der Waals surface area contributed by atoms with Gasteiger partial charge in [0.2, 0.25) is 0 Å². The number of esters is 3. The number of hydrogen-bond donors (Lipinski definition) is 0. The highest BCUT2D eigenvalue weighted by atomic mass is 16.6. The van der Waals surface area contributed by atoms with Crippen molar-refractivity contribution in [2.75, 3.05) is 13.2 Å². The summed E-state index contributed by atoms with van der Waals surface area (Å²) in [5.74, 6) is -0.890. The van der Waals surface area contributed by atoms with Gasteiger partial charge in [0.1, 0.15) is 13.2 Å². The number of allylic oxidation sites excluding steroid dienone is 16. The number of carbonyl (C=O) groups excluding carboxylic acids is 3. The molecule has 1 unspecified atom stereocenters. The average molecular weight is 1130 g/mol. The van der Waals surface area contributed by atoms with Crippen LogP contribution < -0.4 is 0 Å². The van der Waals surface area contributed by atoms with Crippen molar-refractivity contribution in [1.29, 1.82) is 0 Å². The van der Waals surface area contributed by atoms with E-state index in [4.69, 9.17) is 14.2 Å². The minimum atomic E-state index is -0.789. The lowest BCUT2D eigenvalue weighted by Gasteiger charge is -2.18. The summed E-state index contributed by atoms with van der Waals surface area (Å²) in [5.41, 5.74) is 0. The van der Waals surface area contributed by atoms with E-state index in [-0.39, 0.29) is 31.1 Å². The molecule has 0 aromatic heterocycles. The average Bonchev–Trinajstić information content (AvgIpc) is 3.47. The predicted octanol–water partition coefficient (Wildman–Crippen LogP) is 24.0. The molecule has 0 bridgehead atoms. The minimum Gasteiger partial charge on any atom is -0.462 e. The molecule has 6 nitrogen and oxygen atoms in total. The number of hydrogen-bond acceptors (Lipinski definition) is 6. The van der Waals surface area contributed by atoms with Gasteiger partial charge in [-0.2, -0.15) is 0 Å². The number of unbranched alkanes of at least 4 members (excludes halogenated alkanes) is 36. The Labute approximate surface area is 502 Å². The van der Waals surface area contributed by atoms with Crippen LogP contribution in [0, 0.1) is 0 Å². The first-order valence-corrected chi connectivity index (χ1v) is 34.7. The van der Waals surface area contributed by atoms with Crippen molar-refractivity contribution in [3.05, 3.63) is 97.2 Å². The molecular weight excluding hydrogens is 997 g/mol. The van der Waals surface area contributed by atoms with Gasteiger partial charge in [0.15, 0.2) is 6.10 Å². The van der Waals surface area contributed by atoms with E-state index >= 15 is 0 Å². The molecule has 0 rings (SSSR count). The minimum absolute atomic E-state index is 0.0839. The van der Waals surface area contributed by atoms with Crippen molar-refractivity contribution in [1.82, 2.24) is 0 Å². The third-order valence-electron chi connectivity index (χ3n) is 15.0. The second kappa shape index (κ2) is 68.8. The van der Waals surface area contributed by atoms with Crippen LogP contribution in [0.15, 0.2) is 97.2 Å². The zero-order chi connectivity index (χ0) is 58.5. The van der Waals surface area contributed by atoms with E-state index in [1.165, 1.54) is 193 Å². The van der Waals surface area contributed by atoms with Gasteiger partial charge in [-0.1, -0.05) is 298 Å². The van der Waals surface area contributed by atoms with E-state index in [1.807, 2.05) is 0 Å². The number of carbonyl (C=O) groups is 3. The fraction of sp³-hybridized carbons (Fsp3) is 0.747. The maximum atomic E-state index is 13.0. The maximum Gasteiger partial charge on any atom is 0.306 e. The van der Waals surface area contributed by atoms with E-state index in [0.29, 0.717) is 19.3 Å². The first kappa shape index (κ1) is 77.3. The summed E-state index contributed by atoms with van der Waals surface area (Å²) >= 11 is 0. The molecule has 1 atom stereocenters. The smallest absolute Gasteiger partial charge is 0.306 e. The molecule has 0 amide bonds. The van der Waals surface area contributed by atoms with Crippen LogP contribution >= 0.6 is 0 Å². The van der Waals surface area contributed by atoms with E-state index in [9.17, 15) is 14.4 Å². The molecule has 0 aromatic carbocycles. The van der Waals surface area contributed by atoms with Crippen LogP contribution in [0.4, 0.5) is 0 Å². The van der Waals surface area contributed by atoms with Gasteiger partial charge < -0.3 is 14.2 Å². The van der Waals surface area contributed by atoms with Crippen LogP contribution in [-0.4, -0.2) is 37.2 Å². The van der Waals surface area contributed by atoms with Crippen molar-refractivity contribution in [2.45, 2.75) is 348 Å². The predicted molar refractivity (Wildman–Crippen MR) is 353 cm³/mol. The second-order valence-corrected chi connectivity index (χ2v) is 23.1. The summed E-state index contributed by atoms with van der Waals surface area (Å²) in [7, 11) is 0. The van der Waals surface area contributed by atoms with Gasteiger partial charge in [0, 0.05) is 19.3 Å². The van der Waals surface area contributed by atoms with Gasteiger partial charge in [-0.15, -0.1) is 0 Å². The Morgan fingerprint density at radius 2 is 0.481 bits per heavy atom. The number of rotatable bonds is 63. The van der Waals surface area contributed by atoms with Crippen LogP contribution in [0.25, 0.3) is 0 Å². The van der Waals surface area contributed by atoms with Crippen molar-refractivity contribution >= 4 is 17.9 Å². The zero-order valence-corrected chi connectivity index (χ0v) is 53.5. The molecule has 81 heavy (non-hydrogen) atoms. The quantitative estimate of drug-likeness (QED) is 0.0261. The van der Waals surface area contributed by atoms with Gasteiger partial charge in [-0.3, -0.25) is 14.4 Å². The Kier molecular flexibility index (Phi) is 65.7. The lowest BCUT2D eigenvalue weighted by atomic mass is 10.1. The second-order valence-electron chi connectivity index (χ2n) is 23.1. The summed E-state index contributed by atoms with van der Waals surface area (Å²) in [6.07, 6.45) is 92.7. The van der Waals surface area contributed by atoms with Crippen LogP contribution in [0.3, 0.4) is 0 Å². The first-order chi connectivity index (χ1) is 40.0. The SMILES string of the molecule is CC/C=C\C/C=C\C/C=C\C/C=C\C/C=C\C/C=C\CCCCCCCCC(=O)OCC(COC(=O)CCCCCCCCC/C=C\CCCCCCCC)OC(=O)CCCCCCCCCCC/C=C\CCCCCCCCCC. The van der Waals surface area contributed by atoms with Gasteiger partial charge in [-0.25, -0.2) is 0 Å². The molecule has 466 valence electrons. The monoisotopic (exact) mass is 1130 g/mol. The summed E-state index contributed by atoms with van der Waals surface area (Å²) in [4.78, 5) is 38.5. The largest absolute Gasteiger partial charge is 0.462 e. The molecule has 0 aliphatic carbocycles. The third-order valence-corrected chi connectivity index (χ3v) is 15.0. The van der Waals surface area contributed by atoms with E-state index in [0.717, 1.165) is 109 Å². The van der Waals surface area contributed by atoms with Crippen LogP contribution in [0.2, 0.25) is 0 Å². The van der Waals surface area contributed by atoms with Crippen LogP contribution in [0.1, 0.15) is 342 Å². The van der Waals surface area contributed by atoms with Crippen molar-refractivity contribution in [3.63, 3.8) is 0 Å². The highest BCUT2D eigenvalue weighted by molar-refractivity contribution is 5.71. The molecule has 0 radical (unpaired) electrons. The lowest BCUT2D eigenvalue weighted by Crippen LogP contribution is -2.30. The molecular formula is C75H130O6. The van der Waals surface area contributed by atoms with E-state index in [2.05, 4.69) is 118 Å². The van der Waals surface area contributed by atoms with Crippen molar-refractivity contribution < 1.29 is 28.6 Å².